The maximum Gasteiger partial charge on any atom is 0.309 e. The van der Waals surface area contributed by atoms with Gasteiger partial charge in [-0.1, -0.05) is 0 Å². The van der Waals surface area contributed by atoms with E-state index < -0.39 is 15.9 Å². The lowest BCUT2D eigenvalue weighted by molar-refractivity contribution is -0.149. The molecule has 1 aromatic carbocycles. The zero-order valence-corrected chi connectivity index (χ0v) is 15.9. The predicted octanol–water partition coefficient (Wildman–Crippen LogP) is 1.17. The predicted molar refractivity (Wildman–Crippen MR) is 97.6 cm³/mol. The number of piperidine rings is 1. The zero-order chi connectivity index (χ0) is 19.6. The van der Waals surface area contributed by atoms with E-state index in [0.717, 1.165) is 4.31 Å². The number of nitrogens with zero attached hydrogens (tertiary/aromatic N) is 2. The smallest absolute Gasteiger partial charge is 0.309 e. The van der Waals surface area contributed by atoms with E-state index in [9.17, 15) is 22.8 Å². The first-order chi connectivity index (χ1) is 12.8. The lowest BCUT2D eigenvalue weighted by Gasteiger charge is -2.31. The molecule has 2 aliphatic heterocycles. The van der Waals surface area contributed by atoms with Crippen LogP contribution in [0, 0.1) is 5.92 Å². The van der Waals surface area contributed by atoms with Crippen LogP contribution in [0.2, 0.25) is 0 Å². The zero-order valence-electron chi connectivity index (χ0n) is 15.1. The van der Waals surface area contributed by atoms with E-state index in [1.54, 1.807) is 11.8 Å². The summed E-state index contributed by atoms with van der Waals surface area (Å²) in [6.07, 6.45) is 1.09. The fourth-order valence-corrected chi connectivity index (χ4v) is 4.83. The van der Waals surface area contributed by atoms with E-state index in [1.165, 1.54) is 24.3 Å². The second kappa shape index (κ2) is 7.67. The summed E-state index contributed by atoms with van der Waals surface area (Å²) in [5.74, 6) is -1.23. The minimum atomic E-state index is -3.62. The van der Waals surface area contributed by atoms with Crippen molar-refractivity contribution in [2.24, 2.45) is 5.92 Å². The highest BCUT2D eigenvalue weighted by Crippen LogP contribution is 2.26. The summed E-state index contributed by atoms with van der Waals surface area (Å²) in [7, 11) is -3.62. The van der Waals surface area contributed by atoms with Gasteiger partial charge in [-0.05, 0) is 44.0 Å². The van der Waals surface area contributed by atoms with Crippen molar-refractivity contribution in [3.63, 3.8) is 0 Å². The summed E-state index contributed by atoms with van der Waals surface area (Å²) in [5, 5.41) is 0. The SMILES string of the molecule is CCOC(=O)C1CCN(C(=O)c2ccc(N3C(=O)CCS3(=O)=O)cc2)CC1. The van der Waals surface area contributed by atoms with Gasteiger partial charge in [0, 0.05) is 25.1 Å². The Morgan fingerprint density at radius 2 is 1.78 bits per heavy atom. The number of hydrogen-bond donors (Lipinski definition) is 0. The molecule has 0 aliphatic carbocycles. The summed E-state index contributed by atoms with van der Waals surface area (Å²) in [5.41, 5.74) is 0.660. The van der Waals surface area contributed by atoms with Crippen LogP contribution in [0.15, 0.2) is 24.3 Å². The summed E-state index contributed by atoms with van der Waals surface area (Å²) in [6.45, 7) is 3.03. The standard InChI is InChI=1S/C18H22N2O6S/c1-2-26-18(23)14-7-10-19(11-8-14)17(22)13-3-5-15(6-4-13)20-16(21)9-12-27(20,24)25/h3-6,14H,2,7-12H2,1H3. The van der Waals surface area contributed by atoms with E-state index in [0.29, 0.717) is 38.1 Å². The van der Waals surface area contributed by atoms with Gasteiger partial charge in [0.25, 0.3) is 5.91 Å². The first-order valence-electron chi connectivity index (χ1n) is 8.95. The first-order valence-corrected chi connectivity index (χ1v) is 10.6. The Labute approximate surface area is 158 Å². The van der Waals surface area contributed by atoms with E-state index in [-0.39, 0.29) is 35.7 Å². The van der Waals surface area contributed by atoms with Gasteiger partial charge in [0.05, 0.1) is 24.0 Å². The van der Waals surface area contributed by atoms with Gasteiger partial charge in [0.1, 0.15) is 0 Å². The summed E-state index contributed by atoms with van der Waals surface area (Å²) in [4.78, 5) is 37.9. The number of sulfonamides is 1. The van der Waals surface area contributed by atoms with Gasteiger partial charge < -0.3 is 9.64 Å². The minimum Gasteiger partial charge on any atom is -0.466 e. The monoisotopic (exact) mass is 394 g/mol. The Bertz CT molecular complexity index is 841. The van der Waals surface area contributed by atoms with Crippen LogP contribution in [0.3, 0.4) is 0 Å². The molecule has 0 aromatic heterocycles. The molecule has 2 heterocycles. The fraction of sp³-hybridized carbons (Fsp3) is 0.500. The van der Waals surface area contributed by atoms with Crippen LogP contribution in [-0.2, 0) is 24.3 Å². The van der Waals surface area contributed by atoms with E-state index >= 15 is 0 Å². The molecule has 2 fully saturated rings. The number of anilines is 1. The maximum absolute atomic E-state index is 12.6. The van der Waals surface area contributed by atoms with Gasteiger partial charge in [-0.3, -0.25) is 14.4 Å². The topological polar surface area (TPSA) is 101 Å². The van der Waals surface area contributed by atoms with Crippen molar-refractivity contribution in [3.8, 4) is 0 Å². The van der Waals surface area contributed by atoms with Crippen molar-refractivity contribution in [3.05, 3.63) is 29.8 Å². The van der Waals surface area contributed by atoms with Crippen LogP contribution in [0.5, 0.6) is 0 Å². The van der Waals surface area contributed by atoms with Crippen molar-refractivity contribution >= 4 is 33.5 Å². The summed E-state index contributed by atoms with van der Waals surface area (Å²) >= 11 is 0. The number of ether oxygens (including phenoxy) is 1. The van der Waals surface area contributed by atoms with Crippen LogP contribution in [-0.4, -0.2) is 56.6 Å². The van der Waals surface area contributed by atoms with Crippen molar-refractivity contribution in [2.45, 2.75) is 26.2 Å². The summed E-state index contributed by atoms with van der Waals surface area (Å²) < 4.78 is 29.7. The Balaban J connectivity index is 1.65. The Morgan fingerprint density at radius 3 is 2.30 bits per heavy atom. The van der Waals surface area contributed by atoms with Crippen LogP contribution >= 0.6 is 0 Å². The number of amides is 2. The molecule has 146 valence electrons. The molecule has 3 rings (SSSR count). The molecule has 0 saturated carbocycles. The lowest BCUT2D eigenvalue weighted by Crippen LogP contribution is -2.40. The van der Waals surface area contributed by atoms with Gasteiger partial charge in [0.15, 0.2) is 0 Å². The molecule has 27 heavy (non-hydrogen) atoms. The number of carbonyl (C=O) groups is 3. The molecule has 9 heteroatoms. The van der Waals surface area contributed by atoms with Crippen molar-refractivity contribution < 1.29 is 27.5 Å². The molecule has 2 aliphatic rings. The van der Waals surface area contributed by atoms with Crippen molar-refractivity contribution in [2.75, 3.05) is 29.8 Å². The largest absolute Gasteiger partial charge is 0.466 e. The molecule has 1 aromatic rings. The molecular weight excluding hydrogens is 372 g/mol. The fourth-order valence-electron chi connectivity index (χ4n) is 3.37. The molecule has 0 spiro atoms. The molecule has 2 amide bonds. The number of hydrogen-bond acceptors (Lipinski definition) is 6. The van der Waals surface area contributed by atoms with Crippen LogP contribution in [0.25, 0.3) is 0 Å². The second-order valence-electron chi connectivity index (χ2n) is 6.59. The maximum atomic E-state index is 12.6. The number of benzene rings is 1. The van der Waals surface area contributed by atoms with Crippen molar-refractivity contribution in [1.82, 2.24) is 4.90 Å². The number of carbonyl (C=O) groups excluding carboxylic acids is 3. The third-order valence-electron chi connectivity index (χ3n) is 4.83. The van der Waals surface area contributed by atoms with E-state index in [2.05, 4.69) is 0 Å². The average molecular weight is 394 g/mol. The van der Waals surface area contributed by atoms with Gasteiger partial charge >= 0.3 is 5.97 Å². The van der Waals surface area contributed by atoms with Crippen LogP contribution in [0.4, 0.5) is 5.69 Å². The molecule has 8 nitrogen and oxygen atoms in total. The third-order valence-corrected chi connectivity index (χ3v) is 6.52. The second-order valence-corrected chi connectivity index (χ2v) is 8.53. The normalized spacial score (nSPS) is 20.0. The van der Waals surface area contributed by atoms with Gasteiger partial charge in [-0.2, -0.15) is 0 Å². The van der Waals surface area contributed by atoms with Crippen LogP contribution in [0.1, 0.15) is 36.5 Å². The Hall–Kier alpha value is -2.42. The Morgan fingerprint density at radius 1 is 1.15 bits per heavy atom. The highest BCUT2D eigenvalue weighted by molar-refractivity contribution is 7.94. The van der Waals surface area contributed by atoms with Gasteiger partial charge in [-0.15, -0.1) is 0 Å². The highest BCUT2D eigenvalue weighted by atomic mass is 32.2. The lowest BCUT2D eigenvalue weighted by atomic mass is 9.96. The van der Waals surface area contributed by atoms with Crippen molar-refractivity contribution in [1.29, 1.82) is 0 Å². The number of esters is 1. The quantitative estimate of drug-likeness (QED) is 0.711. The molecule has 0 unspecified atom stereocenters. The van der Waals surface area contributed by atoms with E-state index in [1.807, 2.05) is 0 Å². The molecule has 0 N–H and O–H groups in total. The van der Waals surface area contributed by atoms with Gasteiger partial charge in [-0.25, -0.2) is 12.7 Å². The molecule has 0 bridgehead atoms. The molecular formula is C18H22N2O6S. The molecule has 2 saturated heterocycles. The summed E-state index contributed by atoms with van der Waals surface area (Å²) in [6, 6.07) is 5.99. The molecule has 0 radical (unpaired) electrons. The van der Waals surface area contributed by atoms with Crippen LogP contribution < -0.4 is 4.31 Å². The van der Waals surface area contributed by atoms with Gasteiger partial charge in [0.2, 0.25) is 15.9 Å². The minimum absolute atomic E-state index is 0.0293. The average Bonchev–Trinajstić information content (AvgIpc) is 2.94. The number of rotatable bonds is 4. The number of likely N-dealkylation sites (tertiary alicyclic amines) is 1. The third kappa shape index (κ3) is 3.97. The van der Waals surface area contributed by atoms with E-state index in [4.69, 9.17) is 4.74 Å². The first kappa shape index (κ1) is 19.3. The molecule has 0 atom stereocenters. The Kier molecular flexibility index (Phi) is 5.50. The highest BCUT2D eigenvalue weighted by Gasteiger charge is 2.36.